The van der Waals surface area contributed by atoms with Crippen LogP contribution in [0.3, 0.4) is 0 Å². The molecule has 0 aromatic heterocycles. The van der Waals surface area contributed by atoms with Crippen molar-refractivity contribution < 1.29 is 0 Å². The van der Waals surface area contributed by atoms with Crippen molar-refractivity contribution in [2.24, 2.45) is 4.99 Å². The molecule has 1 aliphatic heterocycles. The smallest absolute Gasteiger partial charge is 0.0527 e. The van der Waals surface area contributed by atoms with Crippen molar-refractivity contribution in [2.45, 2.75) is 18.3 Å². The lowest BCUT2D eigenvalue weighted by molar-refractivity contribution is 0.362. The Kier molecular flexibility index (Phi) is 7.95. The topological polar surface area (TPSA) is 15.6 Å². The zero-order chi connectivity index (χ0) is 15.4. The van der Waals surface area contributed by atoms with E-state index < -0.39 is 0 Å². The lowest BCUT2D eigenvalue weighted by Crippen LogP contribution is -2.35. The minimum atomic E-state index is 0. The first-order chi connectivity index (χ1) is 10.7. The number of rotatable bonds is 5. The van der Waals surface area contributed by atoms with Gasteiger partial charge in [-0.05, 0) is 50.2 Å². The molecule has 4 heteroatoms. The molecule has 2 aromatic rings. The molecule has 0 saturated carbocycles. The predicted molar refractivity (Wildman–Crippen MR) is 108 cm³/mol. The molecule has 0 aliphatic carbocycles. The summed E-state index contributed by atoms with van der Waals surface area (Å²) in [7, 11) is 4.28. The zero-order valence-corrected chi connectivity index (χ0v) is 15.9. The Bertz CT molecular complexity index is 656. The molecule has 130 valence electrons. The average Bonchev–Trinajstić information content (AvgIpc) is 2.55. The summed E-state index contributed by atoms with van der Waals surface area (Å²) in [6.07, 6.45) is 4.33. The van der Waals surface area contributed by atoms with Crippen LogP contribution in [0, 0.1) is 0 Å². The van der Waals surface area contributed by atoms with E-state index in [9.17, 15) is 0 Å². The number of hydrogen-bond acceptors (Lipinski definition) is 2. The molecule has 1 unspecified atom stereocenters. The van der Waals surface area contributed by atoms with Gasteiger partial charge in [-0.25, -0.2) is 0 Å². The minimum Gasteiger partial charge on any atom is -0.309 e. The van der Waals surface area contributed by atoms with Crippen LogP contribution in [0.1, 0.15) is 29.5 Å². The number of fused-ring (bicyclic) bond motifs is 1. The fourth-order valence-electron chi connectivity index (χ4n) is 3.49. The Labute approximate surface area is 157 Å². The maximum absolute atomic E-state index is 4.71. The van der Waals surface area contributed by atoms with Gasteiger partial charge in [0.25, 0.3) is 0 Å². The van der Waals surface area contributed by atoms with Crippen LogP contribution in [0.2, 0.25) is 0 Å². The SMILES string of the molecule is CN(C)CCCC1(c2ccccc2)CN=Cc2ccccc21.Cl.Cl. The van der Waals surface area contributed by atoms with Gasteiger partial charge in [-0.2, -0.15) is 0 Å². The van der Waals surface area contributed by atoms with Gasteiger partial charge >= 0.3 is 0 Å². The lowest BCUT2D eigenvalue weighted by atomic mass is 9.69. The van der Waals surface area contributed by atoms with Crippen molar-refractivity contribution in [2.75, 3.05) is 27.2 Å². The van der Waals surface area contributed by atoms with Gasteiger partial charge < -0.3 is 4.90 Å². The first-order valence-corrected chi connectivity index (χ1v) is 8.02. The van der Waals surface area contributed by atoms with Crippen LogP contribution in [0.25, 0.3) is 0 Å². The van der Waals surface area contributed by atoms with Crippen molar-refractivity contribution >= 4 is 31.0 Å². The van der Waals surface area contributed by atoms with Gasteiger partial charge in [-0.3, -0.25) is 4.99 Å². The third-order valence-electron chi connectivity index (χ3n) is 4.60. The summed E-state index contributed by atoms with van der Waals surface area (Å²) in [6.45, 7) is 1.96. The second-order valence-electron chi connectivity index (χ2n) is 6.41. The lowest BCUT2D eigenvalue weighted by Gasteiger charge is -2.37. The molecule has 2 aromatic carbocycles. The molecule has 2 nitrogen and oxygen atoms in total. The Morgan fingerprint density at radius 2 is 1.62 bits per heavy atom. The standard InChI is InChI=1S/C20H24N2.2ClH/c1-22(2)14-8-13-20(18-10-4-3-5-11-18)16-21-15-17-9-6-7-12-19(17)20;;/h3-7,9-12,15H,8,13-14,16H2,1-2H3;2*1H. The van der Waals surface area contributed by atoms with Crippen molar-refractivity contribution in [3.05, 3.63) is 71.3 Å². The molecule has 0 saturated heterocycles. The van der Waals surface area contributed by atoms with Gasteiger partial charge in [-0.1, -0.05) is 54.6 Å². The van der Waals surface area contributed by atoms with Gasteiger partial charge in [0.1, 0.15) is 0 Å². The first-order valence-electron chi connectivity index (χ1n) is 8.02. The quantitative estimate of drug-likeness (QED) is 0.757. The Hall–Kier alpha value is -1.35. The van der Waals surface area contributed by atoms with E-state index in [1.807, 2.05) is 6.21 Å². The molecule has 0 bridgehead atoms. The van der Waals surface area contributed by atoms with Gasteiger partial charge in [0.2, 0.25) is 0 Å². The van der Waals surface area contributed by atoms with E-state index in [2.05, 4.69) is 73.6 Å². The number of nitrogens with zero attached hydrogens (tertiary/aromatic N) is 2. The van der Waals surface area contributed by atoms with Crippen LogP contribution in [-0.2, 0) is 5.41 Å². The van der Waals surface area contributed by atoms with Crippen LogP contribution in [0.4, 0.5) is 0 Å². The van der Waals surface area contributed by atoms with Crippen molar-refractivity contribution in [3.8, 4) is 0 Å². The van der Waals surface area contributed by atoms with Gasteiger partial charge in [0, 0.05) is 11.6 Å². The summed E-state index contributed by atoms with van der Waals surface area (Å²) in [4.78, 5) is 6.97. The fraction of sp³-hybridized carbons (Fsp3) is 0.350. The fourth-order valence-corrected chi connectivity index (χ4v) is 3.49. The summed E-state index contributed by atoms with van der Waals surface area (Å²) < 4.78 is 0. The van der Waals surface area contributed by atoms with Gasteiger partial charge in [0.15, 0.2) is 0 Å². The highest BCUT2D eigenvalue weighted by atomic mass is 35.5. The van der Waals surface area contributed by atoms with E-state index in [-0.39, 0.29) is 30.2 Å². The second kappa shape index (κ2) is 9.22. The number of aliphatic imine (C=N–C) groups is 1. The Morgan fingerprint density at radius 3 is 2.33 bits per heavy atom. The molecule has 24 heavy (non-hydrogen) atoms. The summed E-state index contributed by atoms with van der Waals surface area (Å²) in [5.41, 5.74) is 4.10. The van der Waals surface area contributed by atoms with E-state index in [0.29, 0.717) is 0 Å². The van der Waals surface area contributed by atoms with E-state index in [1.54, 1.807) is 0 Å². The first kappa shape index (κ1) is 20.7. The molecule has 0 amide bonds. The molecule has 0 radical (unpaired) electrons. The van der Waals surface area contributed by atoms with Crippen molar-refractivity contribution in [1.29, 1.82) is 0 Å². The van der Waals surface area contributed by atoms with E-state index in [4.69, 9.17) is 4.99 Å². The van der Waals surface area contributed by atoms with Gasteiger partial charge in [0.05, 0.1) is 6.54 Å². The third kappa shape index (κ3) is 4.18. The van der Waals surface area contributed by atoms with E-state index in [1.165, 1.54) is 23.1 Å². The Morgan fingerprint density at radius 1 is 0.958 bits per heavy atom. The largest absolute Gasteiger partial charge is 0.309 e. The highest BCUT2D eigenvalue weighted by Gasteiger charge is 2.36. The second-order valence-corrected chi connectivity index (χ2v) is 6.41. The normalized spacial score (nSPS) is 18.5. The molecular formula is C20H26Cl2N2. The van der Waals surface area contributed by atoms with Gasteiger partial charge in [-0.15, -0.1) is 24.8 Å². The minimum absolute atomic E-state index is 0. The molecule has 0 N–H and O–H groups in total. The Balaban J connectivity index is 0.00000144. The molecular weight excluding hydrogens is 339 g/mol. The number of halogens is 2. The molecule has 0 fully saturated rings. The summed E-state index contributed by atoms with van der Waals surface area (Å²) >= 11 is 0. The highest BCUT2D eigenvalue weighted by molar-refractivity contribution is 5.86. The molecule has 1 atom stereocenters. The molecule has 3 rings (SSSR count). The maximum atomic E-state index is 4.71. The van der Waals surface area contributed by atoms with Crippen molar-refractivity contribution in [3.63, 3.8) is 0 Å². The third-order valence-corrected chi connectivity index (χ3v) is 4.60. The number of benzene rings is 2. The summed E-state index contributed by atoms with van der Waals surface area (Å²) in [6, 6.07) is 19.6. The van der Waals surface area contributed by atoms with E-state index >= 15 is 0 Å². The van der Waals surface area contributed by atoms with Crippen LogP contribution < -0.4 is 0 Å². The highest BCUT2D eigenvalue weighted by Crippen LogP contribution is 2.40. The molecule has 0 spiro atoms. The molecule has 1 heterocycles. The number of hydrogen-bond donors (Lipinski definition) is 0. The molecule has 1 aliphatic rings. The summed E-state index contributed by atoms with van der Waals surface area (Å²) in [5, 5.41) is 0. The van der Waals surface area contributed by atoms with Crippen LogP contribution in [0.15, 0.2) is 59.6 Å². The van der Waals surface area contributed by atoms with Crippen molar-refractivity contribution in [1.82, 2.24) is 4.90 Å². The maximum Gasteiger partial charge on any atom is 0.0527 e. The monoisotopic (exact) mass is 364 g/mol. The predicted octanol–water partition coefficient (Wildman–Crippen LogP) is 4.59. The van der Waals surface area contributed by atoms with Crippen LogP contribution >= 0.6 is 24.8 Å². The zero-order valence-electron chi connectivity index (χ0n) is 14.3. The summed E-state index contributed by atoms with van der Waals surface area (Å²) in [5.74, 6) is 0. The van der Waals surface area contributed by atoms with Crippen LogP contribution in [0.5, 0.6) is 0 Å². The van der Waals surface area contributed by atoms with E-state index in [0.717, 1.165) is 19.5 Å². The van der Waals surface area contributed by atoms with Crippen LogP contribution in [-0.4, -0.2) is 38.3 Å². The average molecular weight is 365 g/mol.